The van der Waals surface area contributed by atoms with Gasteiger partial charge in [-0.3, -0.25) is 0 Å². The van der Waals surface area contributed by atoms with E-state index in [0.29, 0.717) is 0 Å². The van der Waals surface area contributed by atoms with Crippen LogP contribution >= 0.6 is 34.5 Å². The van der Waals surface area contributed by atoms with E-state index in [1.54, 1.807) is 0 Å². The molecule has 0 aliphatic rings. The second kappa shape index (κ2) is 3.21. The molecule has 12 heavy (non-hydrogen) atoms. The number of rotatable bonds is 0. The Labute approximate surface area is 87.5 Å². The zero-order valence-corrected chi connectivity index (χ0v) is 9.99. The van der Waals surface area contributed by atoms with Gasteiger partial charge in [-0.1, -0.05) is 44.0 Å². The van der Waals surface area contributed by atoms with Crippen LogP contribution in [0.5, 0.6) is 0 Å². The third kappa shape index (κ3) is 1.78. The topological polar surface area (TPSA) is 0 Å². The van der Waals surface area contributed by atoms with Gasteiger partial charge in [-0.15, -0.1) is 11.3 Å². The van der Waals surface area contributed by atoms with Gasteiger partial charge in [0.25, 0.3) is 0 Å². The second-order valence-corrected chi connectivity index (χ2v) is 6.12. The van der Waals surface area contributed by atoms with Crippen molar-refractivity contribution < 1.29 is 0 Å². The quantitative estimate of drug-likeness (QED) is 0.600. The summed E-state index contributed by atoms with van der Waals surface area (Å²) in [5.41, 5.74) is 2.39. The third-order valence-electron chi connectivity index (χ3n) is 1.80. The summed E-state index contributed by atoms with van der Waals surface area (Å²) in [6.07, 6.45) is 0. The highest BCUT2D eigenvalue weighted by Gasteiger charge is 2.23. The Morgan fingerprint density at radius 2 is 1.58 bits per heavy atom. The van der Waals surface area contributed by atoms with Gasteiger partial charge in [0.1, 0.15) is 0 Å². The Morgan fingerprint density at radius 1 is 1.08 bits per heavy atom. The van der Waals surface area contributed by atoms with Gasteiger partial charge in [0.2, 0.25) is 0 Å². The zero-order valence-electron chi connectivity index (χ0n) is 7.66. The van der Waals surface area contributed by atoms with E-state index in [-0.39, 0.29) is 5.41 Å². The van der Waals surface area contributed by atoms with Crippen LogP contribution in [-0.4, -0.2) is 0 Å². The lowest BCUT2D eigenvalue weighted by atomic mass is 9.87. The Kier molecular flexibility index (Phi) is 2.77. The Balaban J connectivity index is 3.32. The fourth-order valence-electron chi connectivity index (χ4n) is 1.31. The van der Waals surface area contributed by atoms with Crippen LogP contribution < -0.4 is 0 Å². The van der Waals surface area contributed by atoms with E-state index < -0.39 is 0 Å². The van der Waals surface area contributed by atoms with E-state index in [1.807, 2.05) is 6.92 Å². The molecule has 68 valence electrons. The molecular formula is C9H12Cl2S. The monoisotopic (exact) mass is 222 g/mol. The molecule has 3 heteroatoms. The van der Waals surface area contributed by atoms with E-state index in [9.17, 15) is 0 Å². The van der Waals surface area contributed by atoms with Crippen LogP contribution in [-0.2, 0) is 5.41 Å². The molecule has 0 aromatic carbocycles. The lowest BCUT2D eigenvalue weighted by Crippen LogP contribution is -2.11. The molecule has 0 N–H and O–H groups in total. The number of thiophene rings is 1. The molecule has 0 aliphatic carbocycles. The van der Waals surface area contributed by atoms with Crippen LogP contribution in [0.25, 0.3) is 0 Å². The molecule has 1 heterocycles. The summed E-state index contributed by atoms with van der Waals surface area (Å²) >= 11 is 13.5. The Morgan fingerprint density at radius 3 is 1.75 bits per heavy atom. The average molecular weight is 223 g/mol. The molecule has 0 spiro atoms. The molecule has 0 nitrogen and oxygen atoms in total. The molecule has 1 aromatic rings. The Hall–Kier alpha value is 0.280. The van der Waals surface area contributed by atoms with Gasteiger partial charge in [-0.2, -0.15) is 0 Å². The van der Waals surface area contributed by atoms with Crippen molar-refractivity contribution >= 4 is 34.5 Å². The molecule has 0 saturated heterocycles. The van der Waals surface area contributed by atoms with Gasteiger partial charge >= 0.3 is 0 Å². The number of hydrogen-bond donors (Lipinski definition) is 0. The largest absolute Gasteiger partial charge is 0.111 e. The van der Waals surface area contributed by atoms with Crippen molar-refractivity contribution in [3.63, 3.8) is 0 Å². The molecular weight excluding hydrogens is 211 g/mol. The average Bonchev–Trinajstić information content (AvgIpc) is 2.05. The van der Waals surface area contributed by atoms with Gasteiger partial charge in [0, 0.05) is 0 Å². The van der Waals surface area contributed by atoms with Crippen LogP contribution in [0.1, 0.15) is 31.9 Å². The van der Waals surface area contributed by atoms with E-state index in [1.165, 1.54) is 16.9 Å². The van der Waals surface area contributed by atoms with Crippen molar-refractivity contribution in [3.05, 3.63) is 19.8 Å². The Bertz CT molecular complexity index is 294. The van der Waals surface area contributed by atoms with Crippen molar-refractivity contribution in [2.75, 3.05) is 0 Å². The van der Waals surface area contributed by atoms with E-state index in [2.05, 4.69) is 20.8 Å². The normalized spacial score (nSPS) is 12.2. The van der Waals surface area contributed by atoms with Crippen LogP contribution in [0.2, 0.25) is 8.67 Å². The van der Waals surface area contributed by atoms with Crippen LogP contribution in [0.15, 0.2) is 0 Å². The highest BCUT2D eigenvalue weighted by molar-refractivity contribution is 7.20. The summed E-state index contributed by atoms with van der Waals surface area (Å²) in [7, 11) is 0. The minimum atomic E-state index is 0.0881. The van der Waals surface area contributed by atoms with Crippen molar-refractivity contribution in [2.24, 2.45) is 0 Å². The molecule has 0 bridgehead atoms. The van der Waals surface area contributed by atoms with Gasteiger partial charge in [-0.05, 0) is 23.5 Å². The highest BCUT2D eigenvalue weighted by atomic mass is 35.5. The van der Waals surface area contributed by atoms with E-state index in [0.717, 1.165) is 14.2 Å². The molecule has 0 saturated carbocycles. The first kappa shape index (κ1) is 10.4. The summed E-state index contributed by atoms with van der Waals surface area (Å²) in [5, 5.41) is 0. The standard InChI is InChI=1S/C9H12Cl2S/c1-5-6(9(2,3)4)8(11)12-7(5)10/h1-4H3. The predicted octanol–water partition coefficient (Wildman–Crippen LogP) is 4.66. The SMILES string of the molecule is Cc1c(Cl)sc(Cl)c1C(C)(C)C. The smallest absolute Gasteiger partial charge is 0.0984 e. The van der Waals surface area contributed by atoms with Gasteiger partial charge in [-0.25, -0.2) is 0 Å². The van der Waals surface area contributed by atoms with Crippen LogP contribution in [0.3, 0.4) is 0 Å². The van der Waals surface area contributed by atoms with E-state index >= 15 is 0 Å². The van der Waals surface area contributed by atoms with E-state index in [4.69, 9.17) is 23.2 Å². The van der Waals surface area contributed by atoms with Crippen LogP contribution in [0.4, 0.5) is 0 Å². The van der Waals surface area contributed by atoms with Gasteiger partial charge in [0.15, 0.2) is 0 Å². The van der Waals surface area contributed by atoms with Crippen molar-refractivity contribution in [3.8, 4) is 0 Å². The maximum atomic E-state index is 6.07. The number of halogens is 2. The zero-order chi connectivity index (χ0) is 9.52. The third-order valence-corrected chi connectivity index (χ3v) is 3.60. The highest BCUT2D eigenvalue weighted by Crippen LogP contribution is 2.42. The first-order valence-electron chi connectivity index (χ1n) is 3.79. The minimum Gasteiger partial charge on any atom is -0.111 e. The van der Waals surface area contributed by atoms with Crippen molar-refractivity contribution in [1.82, 2.24) is 0 Å². The first-order valence-corrected chi connectivity index (χ1v) is 5.36. The predicted molar refractivity (Wildman–Crippen MR) is 57.8 cm³/mol. The minimum absolute atomic E-state index is 0.0881. The maximum absolute atomic E-state index is 6.07. The van der Waals surface area contributed by atoms with Crippen molar-refractivity contribution in [2.45, 2.75) is 33.1 Å². The van der Waals surface area contributed by atoms with Gasteiger partial charge < -0.3 is 0 Å². The number of hydrogen-bond acceptors (Lipinski definition) is 1. The lowest BCUT2D eigenvalue weighted by molar-refractivity contribution is 0.589. The maximum Gasteiger partial charge on any atom is 0.0984 e. The molecule has 0 fully saturated rings. The second-order valence-electron chi connectivity index (χ2n) is 3.90. The molecule has 1 rings (SSSR count). The molecule has 0 atom stereocenters. The summed E-state index contributed by atoms with van der Waals surface area (Å²) in [6, 6.07) is 0. The first-order chi connectivity index (χ1) is 5.34. The fourth-order valence-corrected chi connectivity index (χ4v) is 3.38. The fraction of sp³-hybridized carbons (Fsp3) is 0.556. The lowest BCUT2D eigenvalue weighted by Gasteiger charge is -2.19. The molecule has 0 unspecified atom stereocenters. The summed E-state index contributed by atoms with van der Waals surface area (Å²) in [5.74, 6) is 0. The molecule has 0 amide bonds. The summed E-state index contributed by atoms with van der Waals surface area (Å²) in [4.78, 5) is 0. The summed E-state index contributed by atoms with van der Waals surface area (Å²) in [6.45, 7) is 8.45. The molecule has 0 aliphatic heterocycles. The van der Waals surface area contributed by atoms with Gasteiger partial charge in [0.05, 0.1) is 8.67 Å². The summed E-state index contributed by atoms with van der Waals surface area (Å²) < 4.78 is 1.63. The van der Waals surface area contributed by atoms with Crippen LogP contribution in [0, 0.1) is 6.92 Å². The van der Waals surface area contributed by atoms with Crippen molar-refractivity contribution in [1.29, 1.82) is 0 Å². The molecule has 1 aromatic heterocycles. The molecule has 0 radical (unpaired) electrons.